The van der Waals surface area contributed by atoms with Crippen LogP contribution in [-0.4, -0.2) is 34.6 Å². The van der Waals surface area contributed by atoms with Gasteiger partial charge >= 0.3 is 11.7 Å². The number of carboxylic acids is 1. The highest BCUT2D eigenvalue weighted by Crippen LogP contribution is 2.26. The van der Waals surface area contributed by atoms with Crippen LogP contribution < -0.4 is 10.1 Å². The fourth-order valence-corrected chi connectivity index (χ4v) is 2.63. The predicted octanol–water partition coefficient (Wildman–Crippen LogP) is 1.73. The predicted molar refractivity (Wildman–Crippen MR) is 80.1 cm³/mol. The van der Waals surface area contributed by atoms with Crippen LogP contribution in [0.1, 0.15) is 25.7 Å². The molecule has 8 nitrogen and oxygen atoms in total. The van der Waals surface area contributed by atoms with Crippen molar-refractivity contribution in [2.45, 2.75) is 31.7 Å². The molecule has 0 unspecified atom stereocenters. The number of nitro groups is 1. The van der Waals surface area contributed by atoms with Crippen LogP contribution in [0.5, 0.6) is 5.75 Å². The number of ether oxygens (including phenoxy) is 1. The lowest BCUT2D eigenvalue weighted by atomic mass is 9.86. The summed E-state index contributed by atoms with van der Waals surface area (Å²) in [5, 5.41) is 22.5. The van der Waals surface area contributed by atoms with Crippen LogP contribution in [0.4, 0.5) is 5.69 Å². The molecule has 0 heterocycles. The van der Waals surface area contributed by atoms with Gasteiger partial charge in [0.15, 0.2) is 12.4 Å². The molecule has 0 radical (unpaired) electrons. The summed E-state index contributed by atoms with van der Waals surface area (Å²) in [6.45, 7) is -0.316. The Balaban J connectivity index is 1.80. The topological polar surface area (TPSA) is 119 Å². The number of para-hydroxylation sites is 2. The number of carbonyl (C=O) groups excluding carboxylic acids is 1. The summed E-state index contributed by atoms with van der Waals surface area (Å²) in [4.78, 5) is 33.0. The summed E-state index contributed by atoms with van der Waals surface area (Å²) in [5.74, 6) is -1.47. The highest BCUT2D eigenvalue weighted by Gasteiger charge is 2.26. The Labute approximate surface area is 132 Å². The van der Waals surface area contributed by atoms with Crippen molar-refractivity contribution in [3.63, 3.8) is 0 Å². The zero-order valence-electron chi connectivity index (χ0n) is 12.4. The van der Waals surface area contributed by atoms with Gasteiger partial charge in [0, 0.05) is 12.1 Å². The average molecular weight is 322 g/mol. The Morgan fingerprint density at radius 1 is 1.26 bits per heavy atom. The van der Waals surface area contributed by atoms with Gasteiger partial charge < -0.3 is 15.2 Å². The van der Waals surface area contributed by atoms with Crippen LogP contribution in [0.2, 0.25) is 0 Å². The summed E-state index contributed by atoms with van der Waals surface area (Å²) in [5.41, 5.74) is -0.192. The number of hydrogen-bond donors (Lipinski definition) is 2. The molecule has 1 amide bonds. The fourth-order valence-electron chi connectivity index (χ4n) is 2.63. The third kappa shape index (κ3) is 4.67. The molecule has 1 aromatic carbocycles. The normalized spacial score (nSPS) is 20.5. The standard InChI is InChI=1S/C15H18N2O6/c18-14(16-11-7-5-10(6-8-11)15(19)20)9-23-13-4-2-1-3-12(13)17(21)22/h1-4,10-11H,5-9H2,(H,16,18)(H,19,20). The van der Waals surface area contributed by atoms with E-state index in [2.05, 4.69) is 5.32 Å². The van der Waals surface area contributed by atoms with Crippen LogP contribution in [0.25, 0.3) is 0 Å². The Kier molecular flexibility index (Phi) is 5.51. The second kappa shape index (κ2) is 7.57. The maximum Gasteiger partial charge on any atom is 0.310 e. The summed E-state index contributed by atoms with van der Waals surface area (Å²) in [6, 6.07) is 5.77. The second-order valence-electron chi connectivity index (χ2n) is 5.47. The van der Waals surface area contributed by atoms with E-state index in [0.29, 0.717) is 25.7 Å². The molecule has 23 heavy (non-hydrogen) atoms. The van der Waals surface area contributed by atoms with Crippen molar-refractivity contribution in [2.75, 3.05) is 6.61 Å². The van der Waals surface area contributed by atoms with Crippen molar-refractivity contribution >= 4 is 17.6 Å². The lowest BCUT2D eigenvalue weighted by Gasteiger charge is -2.26. The first-order valence-corrected chi connectivity index (χ1v) is 7.35. The van der Waals surface area contributed by atoms with Crippen molar-refractivity contribution in [1.29, 1.82) is 0 Å². The number of carbonyl (C=O) groups is 2. The van der Waals surface area contributed by atoms with Gasteiger partial charge in [-0.25, -0.2) is 0 Å². The number of nitrogens with zero attached hydrogens (tertiary/aromatic N) is 1. The Morgan fingerprint density at radius 2 is 1.91 bits per heavy atom. The smallest absolute Gasteiger partial charge is 0.310 e. The number of carboxylic acid groups (broad SMARTS) is 1. The molecule has 1 aliphatic carbocycles. The molecule has 1 saturated carbocycles. The van der Waals surface area contributed by atoms with Gasteiger partial charge in [-0.05, 0) is 31.7 Å². The van der Waals surface area contributed by atoms with Gasteiger partial charge in [-0.1, -0.05) is 12.1 Å². The van der Waals surface area contributed by atoms with E-state index >= 15 is 0 Å². The monoisotopic (exact) mass is 322 g/mol. The van der Waals surface area contributed by atoms with Gasteiger partial charge in [0.05, 0.1) is 10.8 Å². The van der Waals surface area contributed by atoms with Crippen molar-refractivity contribution in [3.05, 3.63) is 34.4 Å². The van der Waals surface area contributed by atoms with Crippen LogP contribution in [-0.2, 0) is 9.59 Å². The summed E-state index contributed by atoms with van der Waals surface area (Å²) in [7, 11) is 0. The summed E-state index contributed by atoms with van der Waals surface area (Å²) < 4.78 is 5.21. The van der Waals surface area contributed by atoms with Crippen LogP contribution in [0.15, 0.2) is 24.3 Å². The first-order valence-electron chi connectivity index (χ1n) is 7.35. The average Bonchev–Trinajstić information content (AvgIpc) is 2.53. The minimum Gasteiger partial charge on any atom is -0.481 e. The van der Waals surface area contributed by atoms with Crippen LogP contribution in [0.3, 0.4) is 0 Å². The van der Waals surface area contributed by atoms with E-state index in [1.54, 1.807) is 6.07 Å². The van der Waals surface area contributed by atoms with E-state index in [0.717, 1.165) is 0 Å². The summed E-state index contributed by atoms with van der Waals surface area (Å²) in [6.07, 6.45) is 2.28. The molecule has 0 atom stereocenters. The lowest BCUT2D eigenvalue weighted by molar-refractivity contribution is -0.385. The van der Waals surface area contributed by atoms with Gasteiger partial charge in [-0.15, -0.1) is 0 Å². The van der Waals surface area contributed by atoms with Gasteiger partial charge in [-0.3, -0.25) is 19.7 Å². The summed E-state index contributed by atoms with van der Waals surface area (Å²) >= 11 is 0. The maximum absolute atomic E-state index is 11.9. The Morgan fingerprint density at radius 3 is 2.52 bits per heavy atom. The molecule has 2 rings (SSSR count). The largest absolute Gasteiger partial charge is 0.481 e. The minimum absolute atomic E-state index is 0.0437. The van der Waals surface area contributed by atoms with Crippen LogP contribution >= 0.6 is 0 Å². The number of amides is 1. The number of rotatable bonds is 6. The maximum atomic E-state index is 11.9. The number of nitro benzene ring substituents is 1. The Hall–Kier alpha value is -2.64. The van der Waals surface area contributed by atoms with E-state index < -0.39 is 10.9 Å². The molecule has 1 aliphatic rings. The fraction of sp³-hybridized carbons (Fsp3) is 0.467. The van der Waals surface area contributed by atoms with E-state index in [-0.39, 0.29) is 35.9 Å². The molecule has 1 aromatic rings. The van der Waals surface area contributed by atoms with Gasteiger partial charge in [-0.2, -0.15) is 0 Å². The zero-order chi connectivity index (χ0) is 16.8. The molecular formula is C15H18N2O6. The molecule has 2 N–H and O–H groups in total. The molecular weight excluding hydrogens is 304 g/mol. The van der Waals surface area contributed by atoms with Crippen molar-refractivity contribution < 1.29 is 24.4 Å². The quantitative estimate of drug-likeness (QED) is 0.608. The zero-order valence-corrected chi connectivity index (χ0v) is 12.4. The molecule has 1 fully saturated rings. The number of nitrogens with one attached hydrogen (secondary N) is 1. The third-order valence-corrected chi connectivity index (χ3v) is 3.86. The van der Waals surface area contributed by atoms with E-state index in [1.807, 2.05) is 0 Å². The van der Waals surface area contributed by atoms with E-state index in [1.165, 1.54) is 18.2 Å². The van der Waals surface area contributed by atoms with E-state index in [9.17, 15) is 19.7 Å². The van der Waals surface area contributed by atoms with Crippen molar-refractivity contribution in [2.24, 2.45) is 5.92 Å². The van der Waals surface area contributed by atoms with Gasteiger partial charge in [0.1, 0.15) is 0 Å². The van der Waals surface area contributed by atoms with E-state index in [4.69, 9.17) is 9.84 Å². The van der Waals surface area contributed by atoms with Crippen LogP contribution in [0, 0.1) is 16.0 Å². The highest BCUT2D eigenvalue weighted by atomic mass is 16.6. The molecule has 8 heteroatoms. The number of hydrogen-bond acceptors (Lipinski definition) is 5. The van der Waals surface area contributed by atoms with Crippen molar-refractivity contribution in [1.82, 2.24) is 5.32 Å². The van der Waals surface area contributed by atoms with Crippen molar-refractivity contribution in [3.8, 4) is 5.75 Å². The second-order valence-corrected chi connectivity index (χ2v) is 5.47. The van der Waals surface area contributed by atoms with Gasteiger partial charge in [0.25, 0.3) is 5.91 Å². The molecule has 0 saturated heterocycles. The molecule has 0 spiro atoms. The lowest BCUT2D eigenvalue weighted by Crippen LogP contribution is -2.40. The highest BCUT2D eigenvalue weighted by molar-refractivity contribution is 5.78. The van der Waals surface area contributed by atoms with Gasteiger partial charge in [0.2, 0.25) is 0 Å². The number of benzene rings is 1. The number of aliphatic carboxylic acids is 1. The SMILES string of the molecule is O=C(COc1ccccc1[N+](=O)[O-])NC1CCC(C(=O)O)CC1. The first-order chi connectivity index (χ1) is 11.0. The minimum atomic E-state index is -0.797. The first kappa shape index (κ1) is 16.7. The Bertz CT molecular complexity index is 595. The third-order valence-electron chi connectivity index (χ3n) is 3.86. The molecule has 0 aromatic heterocycles. The molecule has 0 aliphatic heterocycles. The molecule has 124 valence electrons. The molecule has 0 bridgehead atoms.